The highest BCUT2D eigenvalue weighted by Crippen LogP contribution is 2.18. The number of aliphatic carboxylic acids is 1. The molecule has 2 rings (SSSR count). The lowest BCUT2D eigenvalue weighted by Crippen LogP contribution is -2.45. The minimum Gasteiger partial charge on any atom is -0.492 e. The molecule has 0 unspecified atom stereocenters. The third kappa shape index (κ3) is 5.47. The summed E-state index contributed by atoms with van der Waals surface area (Å²) in [4.78, 5) is 25.1. The van der Waals surface area contributed by atoms with Crippen molar-refractivity contribution in [2.24, 2.45) is 0 Å². The number of carboxylic acid groups (broad SMARTS) is 1. The number of ether oxygens (including phenoxy) is 1. The molecule has 1 N–H and O–H groups in total. The molecule has 1 aromatic carbocycles. The van der Waals surface area contributed by atoms with Gasteiger partial charge in [-0.05, 0) is 45.1 Å². The van der Waals surface area contributed by atoms with Crippen LogP contribution in [0, 0.1) is 10.1 Å². The Morgan fingerprint density at radius 1 is 1.38 bits per heavy atom. The first kappa shape index (κ1) is 18.2. The summed E-state index contributed by atoms with van der Waals surface area (Å²) in [6.45, 7) is 3.21. The van der Waals surface area contributed by atoms with Crippen molar-refractivity contribution in [3.63, 3.8) is 0 Å². The average molecular weight is 337 g/mol. The molecule has 1 aliphatic rings. The number of benzene rings is 1. The lowest BCUT2D eigenvalue weighted by molar-refractivity contribution is -0.384. The number of hydrogen-bond acceptors (Lipinski definition) is 6. The Kier molecular flexibility index (Phi) is 6.51. The summed E-state index contributed by atoms with van der Waals surface area (Å²) < 4.78 is 5.62. The predicted molar refractivity (Wildman–Crippen MR) is 88.3 cm³/mol. The normalized spacial score (nSPS) is 16.2. The SMILES string of the molecule is CN(CC(=O)O)C1CCN(CCOc2ccc([N+](=O)[O-])cc2)CC1. The van der Waals surface area contributed by atoms with Crippen LogP contribution in [0.2, 0.25) is 0 Å². The van der Waals surface area contributed by atoms with Crippen LogP contribution in [0.5, 0.6) is 5.75 Å². The molecule has 1 fully saturated rings. The van der Waals surface area contributed by atoms with Gasteiger partial charge >= 0.3 is 5.97 Å². The van der Waals surface area contributed by atoms with Crippen molar-refractivity contribution in [2.45, 2.75) is 18.9 Å². The monoisotopic (exact) mass is 337 g/mol. The van der Waals surface area contributed by atoms with E-state index in [0.717, 1.165) is 32.5 Å². The molecule has 8 nitrogen and oxygen atoms in total. The number of nitrogens with zero attached hydrogens (tertiary/aromatic N) is 3. The first-order valence-electron chi connectivity index (χ1n) is 7.97. The van der Waals surface area contributed by atoms with Crippen molar-refractivity contribution >= 4 is 11.7 Å². The van der Waals surface area contributed by atoms with E-state index in [2.05, 4.69) is 4.90 Å². The zero-order valence-electron chi connectivity index (χ0n) is 13.8. The van der Waals surface area contributed by atoms with Crippen LogP contribution in [0.1, 0.15) is 12.8 Å². The Bertz CT molecular complexity index is 555. The molecule has 0 spiro atoms. The molecule has 1 heterocycles. The predicted octanol–water partition coefficient (Wildman–Crippen LogP) is 1.45. The van der Waals surface area contributed by atoms with Crippen LogP contribution in [0.3, 0.4) is 0 Å². The molecule has 0 aromatic heterocycles. The van der Waals surface area contributed by atoms with Gasteiger partial charge in [-0.1, -0.05) is 0 Å². The fraction of sp³-hybridized carbons (Fsp3) is 0.562. The molecule has 24 heavy (non-hydrogen) atoms. The number of piperidine rings is 1. The standard InChI is InChI=1S/C16H23N3O5/c1-17(12-16(20)21)13-6-8-18(9-7-13)10-11-24-15-4-2-14(3-5-15)19(22)23/h2-5,13H,6-12H2,1H3,(H,20,21). The summed E-state index contributed by atoms with van der Waals surface area (Å²) in [6, 6.07) is 6.38. The number of hydrogen-bond donors (Lipinski definition) is 1. The third-order valence-electron chi connectivity index (χ3n) is 4.29. The molecule has 0 bridgehead atoms. The van der Waals surface area contributed by atoms with E-state index in [1.807, 2.05) is 11.9 Å². The van der Waals surface area contributed by atoms with Crippen LogP contribution >= 0.6 is 0 Å². The number of rotatable bonds is 8. The zero-order chi connectivity index (χ0) is 17.5. The van der Waals surface area contributed by atoms with Crippen molar-refractivity contribution in [3.8, 4) is 5.75 Å². The molecule has 1 aliphatic heterocycles. The summed E-state index contributed by atoms with van der Waals surface area (Å²) in [5, 5.41) is 19.4. The second kappa shape index (κ2) is 8.60. The number of likely N-dealkylation sites (tertiary alicyclic amines) is 1. The summed E-state index contributed by atoms with van der Waals surface area (Å²) in [5.74, 6) is -0.173. The van der Waals surface area contributed by atoms with Crippen molar-refractivity contribution < 1.29 is 19.6 Å². The molecule has 1 aromatic rings. The molecule has 8 heteroatoms. The smallest absolute Gasteiger partial charge is 0.317 e. The van der Waals surface area contributed by atoms with Crippen LogP contribution in [0.15, 0.2) is 24.3 Å². The van der Waals surface area contributed by atoms with Gasteiger partial charge < -0.3 is 9.84 Å². The van der Waals surface area contributed by atoms with Crippen molar-refractivity contribution in [3.05, 3.63) is 34.4 Å². The number of carboxylic acids is 1. The maximum Gasteiger partial charge on any atom is 0.317 e. The van der Waals surface area contributed by atoms with Gasteiger partial charge in [0.25, 0.3) is 5.69 Å². The number of nitro benzene ring substituents is 1. The minimum absolute atomic E-state index is 0.0508. The van der Waals surface area contributed by atoms with E-state index in [1.165, 1.54) is 12.1 Å². The van der Waals surface area contributed by atoms with Gasteiger partial charge in [-0.15, -0.1) is 0 Å². The summed E-state index contributed by atoms with van der Waals surface area (Å²) in [5.41, 5.74) is 0.0508. The van der Waals surface area contributed by atoms with Crippen molar-refractivity contribution in [1.29, 1.82) is 0 Å². The molecular formula is C16H23N3O5. The molecular weight excluding hydrogens is 314 g/mol. The Balaban J connectivity index is 1.67. The van der Waals surface area contributed by atoms with Gasteiger partial charge in [0.2, 0.25) is 0 Å². The van der Waals surface area contributed by atoms with E-state index in [9.17, 15) is 14.9 Å². The van der Waals surface area contributed by atoms with E-state index < -0.39 is 10.9 Å². The maximum atomic E-state index is 10.7. The molecule has 132 valence electrons. The average Bonchev–Trinajstić information content (AvgIpc) is 2.55. The lowest BCUT2D eigenvalue weighted by Gasteiger charge is -2.36. The molecule has 1 saturated heterocycles. The van der Waals surface area contributed by atoms with E-state index in [0.29, 0.717) is 18.4 Å². The van der Waals surface area contributed by atoms with Gasteiger partial charge in [0.15, 0.2) is 0 Å². The van der Waals surface area contributed by atoms with E-state index in [1.54, 1.807) is 12.1 Å². The number of likely N-dealkylation sites (N-methyl/N-ethyl adjacent to an activating group) is 1. The summed E-state index contributed by atoms with van der Waals surface area (Å²) in [6.07, 6.45) is 1.89. The summed E-state index contributed by atoms with van der Waals surface area (Å²) in [7, 11) is 1.85. The second-order valence-electron chi connectivity index (χ2n) is 5.98. The number of nitro groups is 1. The fourth-order valence-electron chi connectivity index (χ4n) is 2.88. The first-order valence-corrected chi connectivity index (χ1v) is 7.97. The zero-order valence-corrected chi connectivity index (χ0v) is 13.8. The van der Waals surface area contributed by atoms with Gasteiger partial charge in [0, 0.05) is 24.7 Å². The van der Waals surface area contributed by atoms with Gasteiger partial charge in [-0.25, -0.2) is 0 Å². The lowest BCUT2D eigenvalue weighted by atomic mass is 10.0. The number of carbonyl (C=O) groups is 1. The van der Waals surface area contributed by atoms with E-state index in [-0.39, 0.29) is 12.2 Å². The van der Waals surface area contributed by atoms with Crippen LogP contribution in [-0.2, 0) is 4.79 Å². The minimum atomic E-state index is -0.795. The third-order valence-corrected chi connectivity index (χ3v) is 4.29. The van der Waals surface area contributed by atoms with E-state index >= 15 is 0 Å². The molecule has 0 amide bonds. The van der Waals surface area contributed by atoms with Crippen LogP contribution in [0.4, 0.5) is 5.69 Å². The van der Waals surface area contributed by atoms with E-state index in [4.69, 9.17) is 9.84 Å². The molecule has 0 saturated carbocycles. The second-order valence-corrected chi connectivity index (χ2v) is 5.98. The van der Waals surface area contributed by atoms with Crippen LogP contribution < -0.4 is 4.74 Å². The Morgan fingerprint density at radius 3 is 2.54 bits per heavy atom. The Hall–Kier alpha value is -2.19. The highest BCUT2D eigenvalue weighted by atomic mass is 16.6. The van der Waals surface area contributed by atoms with Gasteiger partial charge in [0.05, 0.1) is 11.5 Å². The highest BCUT2D eigenvalue weighted by Gasteiger charge is 2.23. The van der Waals surface area contributed by atoms with Gasteiger partial charge in [0.1, 0.15) is 12.4 Å². The topological polar surface area (TPSA) is 96.2 Å². The Labute approximate surface area is 140 Å². The maximum absolute atomic E-state index is 10.7. The highest BCUT2D eigenvalue weighted by molar-refractivity contribution is 5.69. The van der Waals surface area contributed by atoms with Crippen LogP contribution in [0.25, 0.3) is 0 Å². The first-order chi connectivity index (χ1) is 11.5. The van der Waals surface area contributed by atoms with Crippen molar-refractivity contribution in [2.75, 3.05) is 39.8 Å². The summed E-state index contributed by atoms with van der Waals surface area (Å²) >= 11 is 0. The van der Waals surface area contributed by atoms with Gasteiger partial charge in [-0.3, -0.25) is 24.7 Å². The molecule has 0 radical (unpaired) electrons. The quantitative estimate of drug-likeness (QED) is 0.566. The number of non-ortho nitro benzene ring substituents is 1. The van der Waals surface area contributed by atoms with Crippen LogP contribution in [-0.4, -0.2) is 71.7 Å². The molecule has 0 aliphatic carbocycles. The van der Waals surface area contributed by atoms with Gasteiger partial charge in [-0.2, -0.15) is 0 Å². The fourth-order valence-corrected chi connectivity index (χ4v) is 2.88. The largest absolute Gasteiger partial charge is 0.492 e. The Morgan fingerprint density at radius 2 is 2.00 bits per heavy atom. The van der Waals surface area contributed by atoms with Crippen molar-refractivity contribution in [1.82, 2.24) is 9.80 Å². The molecule has 0 atom stereocenters.